The van der Waals surface area contributed by atoms with Crippen LogP contribution < -0.4 is 0 Å². The molecule has 0 aromatic rings. The molecule has 0 atom stereocenters. The van der Waals surface area contributed by atoms with Gasteiger partial charge in [-0.15, -0.1) is 0 Å². The minimum absolute atomic E-state index is 0.185. The minimum Gasteiger partial charge on any atom is -0.481 e. The standard InChI is InChI=1S/C17H29NO4/c1-16(2,3)22-15(21)18-10-4-7-17(12-18)8-5-13(6-9-17)11-14(19)20/h13H,4-12H2,1-3H3,(H,19,20). The molecular weight excluding hydrogens is 282 g/mol. The highest BCUT2D eigenvalue weighted by atomic mass is 16.6. The monoisotopic (exact) mass is 311 g/mol. The molecule has 0 unspecified atom stereocenters. The number of carbonyl (C=O) groups excluding carboxylic acids is 1. The minimum atomic E-state index is -0.694. The van der Waals surface area contributed by atoms with E-state index in [-0.39, 0.29) is 17.9 Å². The molecule has 2 rings (SSSR count). The molecule has 22 heavy (non-hydrogen) atoms. The van der Waals surface area contributed by atoms with Crippen LogP contribution in [-0.4, -0.2) is 40.8 Å². The number of piperidine rings is 1. The molecule has 2 fully saturated rings. The number of carboxylic acids is 1. The molecule has 1 N–H and O–H groups in total. The first-order valence-corrected chi connectivity index (χ1v) is 8.39. The molecule has 1 heterocycles. The van der Waals surface area contributed by atoms with E-state index in [4.69, 9.17) is 9.84 Å². The van der Waals surface area contributed by atoms with Crippen LogP contribution in [0, 0.1) is 11.3 Å². The SMILES string of the molecule is CC(C)(C)OC(=O)N1CCCC2(CCC(CC(=O)O)CC2)C1. The summed E-state index contributed by atoms with van der Waals surface area (Å²) < 4.78 is 5.49. The van der Waals surface area contributed by atoms with Gasteiger partial charge in [0.1, 0.15) is 5.60 Å². The molecule has 0 bridgehead atoms. The van der Waals surface area contributed by atoms with E-state index in [9.17, 15) is 9.59 Å². The number of aliphatic carboxylic acids is 1. The Morgan fingerprint density at radius 2 is 1.86 bits per heavy atom. The average Bonchev–Trinajstić information content (AvgIpc) is 2.40. The third-order valence-electron chi connectivity index (χ3n) is 4.94. The second kappa shape index (κ2) is 6.47. The fourth-order valence-electron chi connectivity index (χ4n) is 3.84. The van der Waals surface area contributed by atoms with Gasteiger partial charge in [-0.25, -0.2) is 4.79 Å². The van der Waals surface area contributed by atoms with Gasteiger partial charge < -0.3 is 14.7 Å². The van der Waals surface area contributed by atoms with E-state index in [0.29, 0.717) is 5.92 Å². The highest BCUT2D eigenvalue weighted by Crippen LogP contribution is 2.45. The van der Waals surface area contributed by atoms with Gasteiger partial charge in [-0.05, 0) is 70.6 Å². The van der Waals surface area contributed by atoms with Crippen molar-refractivity contribution < 1.29 is 19.4 Å². The second-order valence-electron chi connectivity index (χ2n) is 8.05. The van der Waals surface area contributed by atoms with Crippen molar-refractivity contribution in [3.63, 3.8) is 0 Å². The van der Waals surface area contributed by atoms with E-state index < -0.39 is 11.6 Å². The van der Waals surface area contributed by atoms with Gasteiger partial charge in [-0.1, -0.05) is 0 Å². The lowest BCUT2D eigenvalue weighted by Gasteiger charge is -2.46. The summed E-state index contributed by atoms with van der Waals surface area (Å²) in [5.41, 5.74) is -0.273. The predicted octanol–water partition coefficient (Wildman–Crippen LogP) is 3.67. The van der Waals surface area contributed by atoms with Crippen LogP contribution in [0.1, 0.15) is 65.7 Å². The van der Waals surface area contributed by atoms with Gasteiger partial charge in [0.25, 0.3) is 0 Å². The molecule has 126 valence electrons. The Kier molecular flexibility index (Phi) is 5.03. The number of carbonyl (C=O) groups is 2. The zero-order valence-corrected chi connectivity index (χ0v) is 14.1. The molecule has 0 aromatic carbocycles. The molecule has 1 aliphatic carbocycles. The van der Waals surface area contributed by atoms with Gasteiger partial charge in [0, 0.05) is 19.5 Å². The fraction of sp³-hybridized carbons (Fsp3) is 0.882. The van der Waals surface area contributed by atoms with Crippen molar-refractivity contribution in [1.29, 1.82) is 0 Å². The van der Waals surface area contributed by atoms with Crippen LogP contribution >= 0.6 is 0 Å². The Hall–Kier alpha value is -1.26. The Bertz CT molecular complexity index is 419. The van der Waals surface area contributed by atoms with E-state index in [1.165, 1.54) is 0 Å². The van der Waals surface area contributed by atoms with Crippen molar-refractivity contribution in [2.75, 3.05) is 13.1 Å². The summed E-state index contributed by atoms with van der Waals surface area (Å²) in [6.07, 6.45) is 6.23. The predicted molar refractivity (Wildman–Crippen MR) is 83.7 cm³/mol. The lowest BCUT2D eigenvalue weighted by atomic mass is 9.66. The van der Waals surface area contributed by atoms with E-state index in [0.717, 1.165) is 51.6 Å². The maximum atomic E-state index is 12.3. The Balaban J connectivity index is 1.91. The van der Waals surface area contributed by atoms with Gasteiger partial charge in [-0.2, -0.15) is 0 Å². The van der Waals surface area contributed by atoms with Crippen molar-refractivity contribution in [3.05, 3.63) is 0 Å². The van der Waals surface area contributed by atoms with Crippen LogP contribution in [0.25, 0.3) is 0 Å². The Morgan fingerprint density at radius 1 is 1.23 bits per heavy atom. The van der Waals surface area contributed by atoms with Crippen molar-refractivity contribution in [1.82, 2.24) is 4.90 Å². The van der Waals surface area contributed by atoms with Gasteiger partial charge in [0.2, 0.25) is 0 Å². The van der Waals surface area contributed by atoms with Crippen LogP contribution in [0.3, 0.4) is 0 Å². The van der Waals surface area contributed by atoms with Crippen molar-refractivity contribution in [3.8, 4) is 0 Å². The summed E-state index contributed by atoms with van der Waals surface area (Å²) in [5, 5.41) is 8.92. The maximum absolute atomic E-state index is 12.3. The van der Waals surface area contributed by atoms with E-state index >= 15 is 0 Å². The lowest BCUT2D eigenvalue weighted by molar-refractivity contribution is -0.138. The van der Waals surface area contributed by atoms with E-state index in [1.807, 2.05) is 25.7 Å². The van der Waals surface area contributed by atoms with Gasteiger partial charge >= 0.3 is 12.1 Å². The summed E-state index contributed by atoms with van der Waals surface area (Å²) in [7, 11) is 0. The van der Waals surface area contributed by atoms with Crippen LogP contribution in [-0.2, 0) is 9.53 Å². The topological polar surface area (TPSA) is 66.8 Å². The quantitative estimate of drug-likeness (QED) is 0.845. The number of carboxylic acid groups (broad SMARTS) is 1. The Labute approximate surface area is 133 Å². The van der Waals surface area contributed by atoms with Crippen molar-refractivity contribution in [2.45, 2.75) is 71.3 Å². The molecule has 0 radical (unpaired) electrons. The molecule has 1 aliphatic heterocycles. The summed E-state index contributed by atoms with van der Waals surface area (Å²) in [4.78, 5) is 25.0. The highest BCUT2D eigenvalue weighted by Gasteiger charge is 2.41. The van der Waals surface area contributed by atoms with Crippen LogP contribution in [0.15, 0.2) is 0 Å². The molecular formula is C17H29NO4. The molecule has 2 aliphatic rings. The number of amides is 1. The first-order valence-electron chi connectivity index (χ1n) is 8.39. The molecule has 1 saturated carbocycles. The van der Waals surface area contributed by atoms with Crippen molar-refractivity contribution in [2.24, 2.45) is 11.3 Å². The molecule has 5 nitrogen and oxygen atoms in total. The molecule has 0 aromatic heterocycles. The largest absolute Gasteiger partial charge is 0.481 e. The average molecular weight is 311 g/mol. The third-order valence-corrected chi connectivity index (χ3v) is 4.94. The maximum Gasteiger partial charge on any atom is 0.410 e. The smallest absolute Gasteiger partial charge is 0.410 e. The zero-order valence-electron chi connectivity index (χ0n) is 14.1. The van der Waals surface area contributed by atoms with Crippen LogP contribution in [0.4, 0.5) is 4.79 Å². The molecule has 1 spiro atoms. The number of likely N-dealkylation sites (tertiary alicyclic amines) is 1. The lowest BCUT2D eigenvalue weighted by Crippen LogP contribution is -2.49. The molecule has 1 saturated heterocycles. The zero-order chi connectivity index (χ0) is 16.4. The highest BCUT2D eigenvalue weighted by molar-refractivity contribution is 5.68. The summed E-state index contributed by atoms with van der Waals surface area (Å²) in [6.45, 7) is 7.21. The van der Waals surface area contributed by atoms with Gasteiger partial charge in [0.05, 0.1) is 0 Å². The first kappa shape index (κ1) is 17.1. The normalized spacial score (nSPS) is 29.4. The van der Waals surface area contributed by atoms with E-state index in [1.54, 1.807) is 0 Å². The number of nitrogens with zero attached hydrogens (tertiary/aromatic N) is 1. The second-order valence-corrected chi connectivity index (χ2v) is 8.05. The molecule has 5 heteroatoms. The van der Waals surface area contributed by atoms with Gasteiger partial charge in [-0.3, -0.25) is 4.79 Å². The van der Waals surface area contributed by atoms with Gasteiger partial charge in [0.15, 0.2) is 0 Å². The number of rotatable bonds is 2. The summed E-state index contributed by atoms with van der Waals surface area (Å²) in [5.74, 6) is -0.389. The number of hydrogen-bond acceptors (Lipinski definition) is 3. The van der Waals surface area contributed by atoms with Crippen LogP contribution in [0.2, 0.25) is 0 Å². The summed E-state index contributed by atoms with van der Waals surface area (Å²) in [6, 6.07) is 0. The third kappa shape index (κ3) is 4.62. The Morgan fingerprint density at radius 3 is 2.41 bits per heavy atom. The molecule has 1 amide bonds. The number of ether oxygens (including phenoxy) is 1. The fourth-order valence-corrected chi connectivity index (χ4v) is 3.84. The number of hydrogen-bond donors (Lipinski definition) is 1. The van der Waals surface area contributed by atoms with Crippen molar-refractivity contribution >= 4 is 12.1 Å². The first-order chi connectivity index (χ1) is 10.2. The van der Waals surface area contributed by atoms with E-state index in [2.05, 4.69) is 0 Å². The van der Waals surface area contributed by atoms with Crippen LogP contribution in [0.5, 0.6) is 0 Å². The summed E-state index contributed by atoms with van der Waals surface area (Å²) >= 11 is 0.